The third-order valence-corrected chi connectivity index (χ3v) is 4.73. The van der Waals surface area contributed by atoms with Crippen LogP contribution < -0.4 is 19.9 Å². The van der Waals surface area contributed by atoms with Gasteiger partial charge in [-0.1, -0.05) is 0 Å². The molecule has 1 fully saturated rings. The largest absolute Gasteiger partial charge is 0.573 e. The van der Waals surface area contributed by atoms with Crippen LogP contribution in [0.3, 0.4) is 0 Å². The van der Waals surface area contributed by atoms with E-state index in [1.54, 1.807) is 12.1 Å². The molecule has 1 aromatic carbocycles. The monoisotopic (exact) mass is 420 g/mol. The van der Waals surface area contributed by atoms with Crippen LogP contribution in [0.1, 0.15) is 12.8 Å². The van der Waals surface area contributed by atoms with Crippen LogP contribution in [0.2, 0.25) is 0 Å². The number of anilines is 3. The van der Waals surface area contributed by atoms with E-state index >= 15 is 0 Å². The highest BCUT2D eigenvalue weighted by atomic mass is 19.4. The van der Waals surface area contributed by atoms with Gasteiger partial charge in [-0.15, -0.1) is 13.2 Å². The quantitative estimate of drug-likeness (QED) is 0.824. The first-order valence-corrected chi connectivity index (χ1v) is 8.97. The maximum Gasteiger partial charge on any atom is 0.573 e. The molecule has 3 heterocycles. The van der Waals surface area contributed by atoms with E-state index in [1.165, 1.54) is 28.1 Å². The van der Waals surface area contributed by atoms with Crippen molar-refractivity contribution in [2.75, 3.05) is 21.7 Å². The summed E-state index contributed by atoms with van der Waals surface area (Å²) in [6, 6.07) is 7.01. The molecule has 1 saturated heterocycles. The van der Waals surface area contributed by atoms with Gasteiger partial charge < -0.3 is 10.1 Å². The third kappa shape index (κ3) is 3.78. The second-order valence-electron chi connectivity index (χ2n) is 6.71. The van der Waals surface area contributed by atoms with E-state index in [9.17, 15) is 27.6 Å². The topological polar surface area (TPSA) is 91.8 Å². The normalized spacial score (nSPS) is 18.8. The number of rotatable bonds is 3. The maximum absolute atomic E-state index is 13.2. The Hall–Kier alpha value is -3.63. The van der Waals surface area contributed by atoms with Crippen LogP contribution in [0.15, 0.2) is 42.6 Å². The molecule has 2 aliphatic heterocycles. The highest BCUT2D eigenvalue weighted by molar-refractivity contribution is 6.14. The zero-order valence-corrected chi connectivity index (χ0v) is 15.3. The van der Waals surface area contributed by atoms with Crippen molar-refractivity contribution in [3.8, 4) is 5.75 Å². The summed E-state index contributed by atoms with van der Waals surface area (Å²) in [4.78, 5) is 44.3. The number of carbonyl (C=O) groups excluding carboxylic acids is 3. The molecule has 0 spiro atoms. The summed E-state index contributed by atoms with van der Waals surface area (Å²) in [6.07, 6.45) is -3.06. The Morgan fingerprint density at radius 3 is 2.60 bits per heavy atom. The minimum atomic E-state index is -4.83. The number of benzene rings is 1. The molecule has 4 rings (SSSR count). The molecule has 0 saturated carbocycles. The van der Waals surface area contributed by atoms with Gasteiger partial charge in [0.1, 0.15) is 18.3 Å². The average molecular weight is 420 g/mol. The predicted octanol–water partition coefficient (Wildman–Crippen LogP) is 2.46. The fourth-order valence-corrected chi connectivity index (χ4v) is 3.53. The van der Waals surface area contributed by atoms with Crippen LogP contribution >= 0.6 is 0 Å². The van der Waals surface area contributed by atoms with Crippen LogP contribution in [-0.2, 0) is 14.4 Å². The van der Waals surface area contributed by atoms with Crippen molar-refractivity contribution >= 4 is 34.9 Å². The summed E-state index contributed by atoms with van der Waals surface area (Å²) in [5.41, 5.74) is 0.639. The molecular weight excluding hydrogens is 405 g/mol. The van der Waals surface area contributed by atoms with Crippen molar-refractivity contribution in [3.63, 3.8) is 0 Å². The van der Waals surface area contributed by atoms with Crippen LogP contribution in [0.25, 0.3) is 0 Å². The van der Waals surface area contributed by atoms with E-state index in [0.29, 0.717) is 5.69 Å². The van der Waals surface area contributed by atoms with E-state index in [4.69, 9.17) is 0 Å². The smallest absolute Gasteiger partial charge is 0.406 e. The Bertz CT molecular complexity index is 1010. The highest BCUT2D eigenvalue weighted by Gasteiger charge is 2.42. The number of pyridine rings is 1. The molecule has 1 aromatic heterocycles. The molecule has 0 bridgehead atoms. The number of carbonyl (C=O) groups is 3. The minimum absolute atomic E-state index is 0.0896. The molecule has 0 unspecified atom stereocenters. The molecule has 3 amide bonds. The van der Waals surface area contributed by atoms with Crippen LogP contribution in [0, 0.1) is 0 Å². The van der Waals surface area contributed by atoms with Crippen molar-refractivity contribution < 1.29 is 32.3 Å². The second kappa shape index (κ2) is 7.32. The minimum Gasteiger partial charge on any atom is -0.406 e. The third-order valence-electron chi connectivity index (χ3n) is 4.73. The van der Waals surface area contributed by atoms with Crippen molar-refractivity contribution in [2.45, 2.75) is 25.2 Å². The number of hydrogen-bond donors (Lipinski definition) is 1. The van der Waals surface area contributed by atoms with Gasteiger partial charge in [0.05, 0.1) is 5.69 Å². The zero-order valence-electron chi connectivity index (χ0n) is 15.3. The molecule has 1 N–H and O–H groups in total. The SMILES string of the molecule is O=C1CN(C(=O)[C@H]2CCC(=O)N2c2ccc(OC(F)(F)F)cc2)c2ncccc2N1. The Kier molecular flexibility index (Phi) is 4.80. The summed E-state index contributed by atoms with van der Waals surface area (Å²) in [7, 11) is 0. The van der Waals surface area contributed by atoms with Gasteiger partial charge in [-0.2, -0.15) is 0 Å². The highest BCUT2D eigenvalue weighted by Crippen LogP contribution is 2.33. The predicted molar refractivity (Wildman–Crippen MR) is 98.9 cm³/mol. The molecule has 156 valence electrons. The molecular formula is C19H15F3N4O4. The van der Waals surface area contributed by atoms with Gasteiger partial charge in [-0.25, -0.2) is 4.98 Å². The standard InChI is InChI=1S/C19H15F3N4O4/c20-19(21,22)30-12-5-3-11(4-6-12)26-14(7-8-16(26)28)18(29)25-10-15(27)24-13-2-1-9-23-17(13)25/h1-6,9,14H,7-8,10H2,(H,24,27)/t14-/m1/s1. The Labute approximate surface area is 168 Å². The first-order valence-electron chi connectivity index (χ1n) is 8.97. The van der Waals surface area contributed by atoms with Gasteiger partial charge >= 0.3 is 6.36 Å². The van der Waals surface area contributed by atoms with Gasteiger partial charge in [0, 0.05) is 18.3 Å². The molecule has 1 atom stereocenters. The summed E-state index contributed by atoms with van der Waals surface area (Å²) in [5, 5.41) is 2.63. The van der Waals surface area contributed by atoms with Gasteiger partial charge in [0.2, 0.25) is 11.8 Å². The van der Waals surface area contributed by atoms with Crippen molar-refractivity contribution in [2.24, 2.45) is 0 Å². The number of ether oxygens (including phenoxy) is 1. The lowest BCUT2D eigenvalue weighted by molar-refractivity contribution is -0.274. The van der Waals surface area contributed by atoms with E-state index in [2.05, 4.69) is 15.0 Å². The summed E-state index contributed by atoms with van der Waals surface area (Å²) in [5.74, 6) is -1.40. The van der Waals surface area contributed by atoms with E-state index in [1.807, 2.05) is 0 Å². The maximum atomic E-state index is 13.2. The van der Waals surface area contributed by atoms with Gasteiger partial charge in [-0.05, 0) is 42.8 Å². The number of nitrogens with one attached hydrogen (secondary N) is 1. The van der Waals surface area contributed by atoms with E-state index in [-0.39, 0.29) is 36.8 Å². The fourth-order valence-electron chi connectivity index (χ4n) is 3.53. The molecule has 11 heteroatoms. The average Bonchev–Trinajstić information content (AvgIpc) is 3.07. The Balaban J connectivity index is 1.61. The number of hydrogen-bond acceptors (Lipinski definition) is 5. The summed E-state index contributed by atoms with van der Waals surface area (Å²) >= 11 is 0. The molecule has 2 aliphatic rings. The van der Waals surface area contributed by atoms with Gasteiger partial charge in [0.25, 0.3) is 5.91 Å². The van der Waals surface area contributed by atoms with Gasteiger partial charge in [0.15, 0.2) is 5.82 Å². The lowest BCUT2D eigenvalue weighted by atomic mass is 10.1. The number of halogens is 3. The molecule has 2 aromatic rings. The van der Waals surface area contributed by atoms with Crippen molar-refractivity contribution in [3.05, 3.63) is 42.6 Å². The first kappa shape index (κ1) is 19.7. The number of aromatic nitrogens is 1. The molecule has 0 radical (unpaired) electrons. The number of nitrogens with zero attached hydrogens (tertiary/aromatic N) is 3. The second-order valence-corrected chi connectivity index (χ2v) is 6.71. The number of amides is 3. The summed E-state index contributed by atoms with van der Waals surface area (Å²) < 4.78 is 40.9. The molecule has 0 aliphatic carbocycles. The van der Waals surface area contributed by atoms with Gasteiger partial charge in [-0.3, -0.25) is 24.2 Å². The number of fused-ring (bicyclic) bond motifs is 1. The summed E-state index contributed by atoms with van der Waals surface area (Å²) in [6.45, 7) is -0.250. The van der Waals surface area contributed by atoms with E-state index < -0.39 is 30.0 Å². The molecule has 30 heavy (non-hydrogen) atoms. The van der Waals surface area contributed by atoms with Crippen LogP contribution in [0.5, 0.6) is 5.75 Å². The zero-order chi connectivity index (χ0) is 21.5. The van der Waals surface area contributed by atoms with E-state index in [0.717, 1.165) is 12.1 Å². The Morgan fingerprint density at radius 2 is 1.90 bits per heavy atom. The van der Waals surface area contributed by atoms with Crippen LogP contribution in [-0.4, -0.2) is 41.7 Å². The lowest BCUT2D eigenvalue weighted by Gasteiger charge is -2.32. The fraction of sp³-hybridized carbons (Fsp3) is 0.263. The van der Waals surface area contributed by atoms with Crippen LogP contribution in [0.4, 0.5) is 30.4 Å². The molecule has 8 nitrogen and oxygen atoms in total. The first-order chi connectivity index (χ1) is 14.2. The van der Waals surface area contributed by atoms with Crippen molar-refractivity contribution in [1.29, 1.82) is 0 Å². The lowest BCUT2D eigenvalue weighted by Crippen LogP contribution is -2.51. The Morgan fingerprint density at radius 1 is 1.17 bits per heavy atom. The number of alkyl halides is 3. The van der Waals surface area contributed by atoms with Crippen molar-refractivity contribution in [1.82, 2.24) is 4.98 Å².